The zero-order valence-electron chi connectivity index (χ0n) is 14.6. The number of hydrogen-bond donors (Lipinski definition) is 1. The van der Waals surface area contributed by atoms with Crippen LogP contribution < -0.4 is 0 Å². The summed E-state index contributed by atoms with van der Waals surface area (Å²) in [5.41, 5.74) is 2.27. The summed E-state index contributed by atoms with van der Waals surface area (Å²) >= 11 is 0. The highest BCUT2D eigenvalue weighted by Gasteiger charge is 2.20. The molecule has 0 spiro atoms. The van der Waals surface area contributed by atoms with E-state index in [2.05, 4.69) is 26.0 Å². The molecule has 0 fully saturated rings. The van der Waals surface area contributed by atoms with Gasteiger partial charge in [-0.1, -0.05) is 74.5 Å². The van der Waals surface area contributed by atoms with E-state index in [0.717, 1.165) is 11.1 Å². The van der Waals surface area contributed by atoms with Crippen molar-refractivity contribution in [3.8, 4) is 0 Å². The fraction of sp³-hybridized carbons (Fsp3) is 0.429. The molecule has 0 saturated carbocycles. The molecule has 24 heavy (non-hydrogen) atoms. The lowest BCUT2D eigenvalue weighted by Crippen LogP contribution is -2.29. The molecule has 0 aromatic heterocycles. The van der Waals surface area contributed by atoms with Gasteiger partial charge in [0.1, 0.15) is 0 Å². The number of benzene rings is 2. The monoisotopic (exact) mass is 328 g/mol. The number of hydrogen-bond acceptors (Lipinski definition) is 3. The van der Waals surface area contributed by atoms with Gasteiger partial charge in [0, 0.05) is 6.42 Å². The van der Waals surface area contributed by atoms with Crippen molar-refractivity contribution in [3.63, 3.8) is 0 Å². The molecule has 2 aromatic rings. The van der Waals surface area contributed by atoms with Gasteiger partial charge in [0.05, 0.1) is 32.0 Å². The number of aliphatic hydroxyl groups excluding tert-OH is 1. The molecule has 0 aliphatic heterocycles. The second-order valence-corrected chi connectivity index (χ2v) is 6.42. The standard InChI is InChI=1S/C21H28O3/c1-17(2)21(24-16-19-11-7-4-8-12-19)13-20(14-22)23-15-18-9-5-3-6-10-18/h3-12,17,20-22H,13-16H2,1-2H3/t20-,21+/m0/s1. The molecule has 0 bridgehead atoms. The van der Waals surface area contributed by atoms with Crippen molar-refractivity contribution in [2.45, 2.75) is 45.7 Å². The highest BCUT2D eigenvalue weighted by atomic mass is 16.5. The van der Waals surface area contributed by atoms with Crippen LogP contribution in [0.3, 0.4) is 0 Å². The van der Waals surface area contributed by atoms with E-state index < -0.39 is 0 Å². The molecular weight excluding hydrogens is 300 g/mol. The van der Waals surface area contributed by atoms with Crippen molar-refractivity contribution in [1.29, 1.82) is 0 Å². The predicted molar refractivity (Wildman–Crippen MR) is 96.6 cm³/mol. The molecule has 0 aliphatic carbocycles. The molecule has 0 heterocycles. The second kappa shape index (κ2) is 10.2. The normalized spacial score (nSPS) is 13.8. The second-order valence-electron chi connectivity index (χ2n) is 6.42. The van der Waals surface area contributed by atoms with E-state index in [9.17, 15) is 5.11 Å². The highest BCUT2D eigenvalue weighted by Crippen LogP contribution is 2.18. The van der Waals surface area contributed by atoms with E-state index in [1.807, 2.05) is 48.5 Å². The van der Waals surface area contributed by atoms with Crippen molar-refractivity contribution in [2.24, 2.45) is 5.92 Å². The summed E-state index contributed by atoms with van der Waals surface area (Å²) < 4.78 is 12.0. The Morgan fingerprint density at radius 2 is 1.29 bits per heavy atom. The summed E-state index contributed by atoms with van der Waals surface area (Å²) in [6.45, 7) is 5.38. The Balaban J connectivity index is 1.85. The van der Waals surface area contributed by atoms with Crippen LogP contribution in [0.1, 0.15) is 31.4 Å². The summed E-state index contributed by atoms with van der Waals surface area (Å²) in [6, 6.07) is 20.2. The first kappa shape index (κ1) is 18.7. The smallest absolute Gasteiger partial charge is 0.0835 e. The first-order valence-corrected chi connectivity index (χ1v) is 8.61. The van der Waals surface area contributed by atoms with E-state index in [4.69, 9.17) is 9.47 Å². The van der Waals surface area contributed by atoms with E-state index >= 15 is 0 Å². The summed E-state index contributed by atoms with van der Waals surface area (Å²) in [7, 11) is 0. The summed E-state index contributed by atoms with van der Waals surface area (Å²) in [5.74, 6) is 0.364. The number of aliphatic hydroxyl groups is 1. The van der Waals surface area contributed by atoms with Crippen molar-refractivity contribution in [1.82, 2.24) is 0 Å². The van der Waals surface area contributed by atoms with E-state index in [1.54, 1.807) is 0 Å². The molecule has 0 aliphatic rings. The van der Waals surface area contributed by atoms with Gasteiger partial charge >= 0.3 is 0 Å². The SMILES string of the molecule is CC(C)[C@@H](C[C@@H](CO)OCc1ccccc1)OCc1ccccc1. The van der Waals surface area contributed by atoms with Gasteiger partial charge in [-0.2, -0.15) is 0 Å². The Hall–Kier alpha value is -1.68. The Kier molecular flexibility index (Phi) is 7.96. The Morgan fingerprint density at radius 3 is 1.75 bits per heavy atom. The van der Waals surface area contributed by atoms with Crippen LogP contribution in [0.25, 0.3) is 0 Å². The predicted octanol–water partition coefficient (Wildman–Crippen LogP) is 4.20. The fourth-order valence-corrected chi connectivity index (χ4v) is 2.55. The third kappa shape index (κ3) is 6.44. The summed E-state index contributed by atoms with van der Waals surface area (Å²) in [4.78, 5) is 0. The van der Waals surface area contributed by atoms with E-state index in [1.165, 1.54) is 0 Å². The zero-order chi connectivity index (χ0) is 17.2. The molecule has 3 nitrogen and oxygen atoms in total. The summed E-state index contributed by atoms with van der Waals surface area (Å²) in [6.07, 6.45) is 0.528. The lowest BCUT2D eigenvalue weighted by atomic mass is 10.0. The topological polar surface area (TPSA) is 38.7 Å². The number of rotatable bonds is 10. The van der Waals surface area contributed by atoms with Gasteiger partial charge in [0.2, 0.25) is 0 Å². The molecule has 2 aromatic carbocycles. The van der Waals surface area contributed by atoms with Gasteiger partial charge in [-0.25, -0.2) is 0 Å². The van der Waals surface area contributed by atoms with Crippen molar-refractivity contribution >= 4 is 0 Å². The fourth-order valence-electron chi connectivity index (χ4n) is 2.55. The molecule has 2 atom stereocenters. The Bertz CT molecular complexity index is 554. The van der Waals surface area contributed by atoms with Crippen LogP contribution in [0.15, 0.2) is 60.7 Å². The van der Waals surface area contributed by atoms with Crippen molar-refractivity contribution in [3.05, 3.63) is 71.8 Å². The lowest BCUT2D eigenvalue weighted by molar-refractivity contribution is -0.0622. The molecule has 130 valence electrons. The largest absolute Gasteiger partial charge is 0.394 e. The van der Waals surface area contributed by atoms with Gasteiger partial charge in [0.25, 0.3) is 0 Å². The van der Waals surface area contributed by atoms with Crippen LogP contribution >= 0.6 is 0 Å². The maximum absolute atomic E-state index is 9.64. The van der Waals surface area contributed by atoms with Crippen LogP contribution in [0.4, 0.5) is 0 Å². The van der Waals surface area contributed by atoms with Crippen LogP contribution in [0.2, 0.25) is 0 Å². The summed E-state index contributed by atoms with van der Waals surface area (Å²) in [5, 5.41) is 9.64. The van der Waals surface area contributed by atoms with Gasteiger partial charge < -0.3 is 14.6 Å². The molecule has 0 radical (unpaired) electrons. The van der Waals surface area contributed by atoms with Crippen molar-refractivity contribution < 1.29 is 14.6 Å². The minimum atomic E-state index is -0.214. The van der Waals surface area contributed by atoms with Gasteiger partial charge in [-0.05, 0) is 17.0 Å². The highest BCUT2D eigenvalue weighted by molar-refractivity contribution is 5.14. The first-order valence-electron chi connectivity index (χ1n) is 8.61. The minimum absolute atomic E-state index is 0.00471. The third-order valence-corrected chi connectivity index (χ3v) is 4.08. The third-order valence-electron chi connectivity index (χ3n) is 4.08. The molecule has 1 N–H and O–H groups in total. The molecule has 2 rings (SSSR count). The lowest BCUT2D eigenvalue weighted by Gasteiger charge is -2.26. The van der Waals surface area contributed by atoms with Crippen molar-refractivity contribution in [2.75, 3.05) is 6.61 Å². The maximum Gasteiger partial charge on any atom is 0.0835 e. The van der Waals surface area contributed by atoms with Gasteiger partial charge in [0.15, 0.2) is 0 Å². The first-order chi connectivity index (χ1) is 11.7. The minimum Gasteiger partial charge on any atom is -0.394 e. The Labute approximate surface area is 145 Å². The van der Waals surface area contributed by atoms with Crippen LogP contribution in [0.5, 0.6) is 0 Å². The maximum atomic E-state index is 9.64. The molecule has 0 amide bonds. The average Bonchev–Trinajstić information content (AvgIpc) is 2.62. The van der Waals surface area contributed by atoms with E-state index in [0.29, 0.717) is 25.6 Å². The average molecular weight is 328 g/mol. The molecular formula is C21H28O3. The van der Waals surface area contributed by atoms with Gasteiger partial charge in [-0.3, -0.25) is 0 Å². The molecule has 0 saturated heterocycles. The molecule has 3 heteroatoms. The zero-order valence-corrected chi connectivity index (χ0v) is 14.6. The quantitative estimate of drug-likeness (QED) is 0.710. The van der Waals surface area contributed by atoms with E-state index in [-0.39, 0.29) is 18.8 Å². The molecule has 0 unspecified atom stereocenters. The van der Waals surface area contributed by atoms with Crippen LogP contribution in [-0.2, 0) is 22.7 Å². The van der Waals surface area contributed by atoms with Gasteiger partial charge in [-0.15, -0.1) is 0 Å². The Morgan fingerprint density at radius 1 is 0.792 bits per heavy atom. The van der Waals surface area contributed by atoms with Crippen LogP contribution in [-0.4, -0.2) is 23.9 Å². The van der Waals surface area contributed by atoms with Crippen LogP contribution in [0, 0.1) is 5.92 Å². The number of ether oxygens (including phenoxy) is 2.